The molecule has 0 aromatic heterocycles. The Morgan fingerprint density at radius 3 is 2.36 bits per heavy atom. The van der Waals surface area contributed by atoms with Crippen LogP contribution in [-0.4, -0.2) is 24.0 Å². The minimum atomic E-state index is -0.678. The number of carbonyl (C=O) groups excluding carboxylic acids is 1. The average molecular weight is 450 g/mol. The first-order chi connectivity index (χ1) is 16.1. The molecule has 2 N–H and O–H groups in total. The van der Waals surface area contributed by atoms with Crippen molar-refractivity contribution in [3.8, 4) is 0 Å². The Balaban J connectivity index is 1.28. The van der Waals surface area contributed by atoms with Gasteiger partial charge in [0.15, 0.2) is 0 Å². The molecule has 1 aliphatic rings. The predicted molar refractivity (Wildman–Crippen MR) is 127 cm³/mol. The van der Waals surface area contributed by atoms with Gasteiger partial charge >= 0.3 is 6.03 Å². The van der Waals surface area contributed by atoms with E-state index in [-0.39, 0.29) is 5.69 Å². The number of halogens is 2. The van der Waals surface area contributed by atoms with Gasteiger partial charge in [-0.15, -0.1) is 0 Å². The molecule has 6 heteroatoms. The highest BCUT2D eigenvalue weighted by Crippen LogP contribution is 2.23. The lowest BCUT2D eigenvalue weighted by molar-refractivity contribution is 0.176. The number of rotatable bonds is 7. The summed E-state index contributed by atoms with van der Waals surface area (Å²) in [5.41, 5.74) is 3.40. The van der Waals surface area contributed by atoms with Gasteiger partial charge in [-0.3, -0.25) is 4.90 Å². The zero-order valence-electron chi connectivity index (χ0n) is 18.6. The van der Waals surface area contributed by atoms with E-state index in [0.717, 1.165) is 55.4 Å². The predicted octanol–water partition coefficient (Wildman–Crippen LogP) is 5.74. The summed E-state index contributed by atoms with van der Waals surface area (Å²) < 4.78 is 27.1. The Bertz CT molecular complexity index is 1070. The summed E-state index contributed by atoms with van der Waals surface area (Å²) >= 11 is 0. The van der Waals surface area contributed by atoms with Crippen LogP contribution in [0.5, 0.6) is 0 Å². The molecule has 4 nitrogen and oxygen atoms in total. The SMILES string of the molecule is O=C(NCc1ccccc1CN1CCC(Cc2ccccc2)CC1)Nc1cc(F)ccc1F. The Hall–Kier alpha value is -3.25. The number of nitrogens with one attached hydrogen (secondary N) is 2. The molecule has 0 saturated carbocycles. The third-order valence-corrected chi connectivity index (χ3v) is 6.20. The molecular weight excluding hydrogens is 420 g/mol. The Morgan fingerprint density at radius 2 is 1.61 bits per heavy atom. The van der Waals surface area contributed by atoms with E-state index in [1.54, 1.807) is 0 Å². The van der Waals surface area contributed by atoms with Crippen LogP contribution in [0.4, 0.5) is 19.3 Å². The molecule has 0 aliphatic carbocycles. The topological polar surface area (TPSA) is 44.4 Å². The molecule has 0 spiro atoms. The molecule has 1 saturated heterocycles. The van der Waals surface area contributed by atoms with E-state index in [0.29, 0.717) is 12.5 Å². The largest absolute Gasteiger partial charge is 0.334 e. The van der Waals surface area contributed by atoms with Crippen LogP contribution in [0, 0.1) is 17.6 Å². The molecule has 0 atom stereocenters. The highest BCUT2D eigenvalue weighted by Gasteiger charge is 2.20. The van der Waals surface area contributed by atoms with Gasteiger partial charge in [0.25, 0.3) is 0 Å². The number of piperidine rings is 1. The zero-order valence-corrected chi connectivity index (χ0v) is 18.6. The second-order valence-electron chi connectivity index (χ2n) is 8.61. The van der Waals surface area contributed by atoms with Crippen molar-refractivity contribution < 1.29 is 13.6 Å². The lowest BCUT2D eigenvalue weighted by atomic mass is 9.90. The van der Waals surface area contributed by atoms with Crippen LogP contribution < -0.4 is 10.6 Å². The molecule has 0 bridgehead atoms. The fraction of sp³-hybridized carbons (Fsp3) is 0.296. The van der Waals surface area contributed by atoms with Crippen molar-refractivity contribution >= 4 is 11.7 Å². The van der Waals surface area contributed by atoms with Gasteiger partial charge in [0.2, 0.25) is 0 Å². The minimum Gasteiger partial charge on any atom is -0.334 e. The zero-order chi connectivity index (χ0) is 23.0. The Kier molecular flexibility index (Phi) is 7.68. The van der Waals surface area contributed by atoms with Crippen molar-refractivity contribution in [3.63, 3.8) is 0 Å². The molecule has 1 aliphatic heterocycles. The van der Waals surface area contributed by atoms with E-state index in [1.807, 2.05) is 18.2 Å². The van der Waals surface area contributed by atoms with Crippen molar-refractivity contribution in [2.24, 2.45) is 5.92 Å². The molecule has 1 fully saturated rings. The number of hydrogen-bond acceptors (Lipinski definition) is 2. The maximum Gasteiger partial charge on any atom is 0.319 e. The van der Waals surface area contributed by atoms with Gasteiger partial charge in [-0.1, -0.05) is 54.6 Å². The first kappa shape index (κ1) is 22.9. The lowest BCUT2D eigenvalue weighted by Crippen LogP contribution is -2.34. The van der Waals surface area contributed by atoms with Gasteiger partial charge in [-0.2, -0.15) is 0 Å². The van der Waals surface area contributed by atoms with Gasteiger partial charge in [0.05, 0.1) is 5.69 Å². The van der Waals surface area contributed by atoms with Crippen molar-refractivity contribution in [1.82, 2.24) is 10.2 Å². The first-order valence-electron chi connectivity index (χ1n) is 11.4. The maximum atomic E-state index is 13.8. The van der Waals surface area contributed by atoms with Crippen LogP contribution in [0.2, 0.25) is 0 Å². The third-order valence-electron chi connectivity index (χ3n) is 6.20. The van der Waals surface area contributed by atoms with Crippen molar-refractivity contribution in [1.29, 1.82) is 0 Å². The summed E-state index contributed by atoms with van der Waals surface area (Å²) in [6.45, 7) is 3.25. The molecule has 2 amide bonds. The molecule has 3 aromatic rings. The van der Waals surface area contributed by atoms with Crippen LogP contribution in [0.1, 0.15) is 29.5 Å². The van der Waals surface area contributed by atoms with Crippen LogP contribution in [0.3, 0.4) is 0 Å². The fourth-order valence-electron chi connectivity index (χ4n) is 4.36. The Labute approximate surface area is 193 Å². The number of likely N-dealkylation sites (tertiary alicyclic amines) is 1. The third kappa shape index (κ3) is 6.62. The quantitative estimate of drug-likeness (QED) is 0.483. The van der Waals surface area contributed by atoms with E-state index >= 15 is 0 Å². The molecule has 0 unspecified atom stereocenters. The number of benzene rings is 3. The second-order valence-corrected chi connectivity index (χ2v) is 8.61. The normalized spacial score (nSPS) is 14.7. The van der Waals surface area contributed by atoms with Crippen molar-refractivity contribution in [3.05, 3.63) is 101 Å². The summed E-state index contributed by atoms with van der Waals surface area (Å²) in [5, 5.41) is 5.12. The number of anilines is 1. The second kappa shape index (κ2) is 11.1. The summed E-state index contributed by atoms with van der Waals surface area (Å²) in [7, 11) is 0. The lowest BCUT2D eigenvalue weighted by Gasteiger charge is -2.32. The van der Waals surface area contributed by atoms with Crippen LogP contribution in [-0.2, 0) is 19.5 Å². The summed E-state index contributed by atoms with van der Waals surface area (Å²) in [4.78, 5) is 14.7. The van der Waals surface area contributed by atoms with E-state index in [9.17, 15) is 13.6 Å². The van der Waals surface area contributed by atoms with Gasteiger partial charge in [0.1, 0.15) is 11.6 Å². The summed E-state index contributed by atoms with van der Waals surface area (Å²) in [6.07, 6.45) is 3.49. The van der Waals surface area contributed by atoms with Crippen LogP contribution in [0.25, 0.3) is 0 Å². The van der Waals surface area contributed by atoms with Crippen molar-refractivity contribution in [2.45, 2.75) is 32.4 Å². The summed E-state index contributed by atoms with van der Waals surface area (Å²) in [5.74, 6) is -0.570. The molecule has 1 heterocycles. The van der Waals surface area contributed by atoms with E-state index < -0.39 is 17.7 Å². The number of carbonyl (C=O) groups is 1. The van der Waals surface area contributed by atoms with Crippen LogP contribution in [0.15, 0.2) is 72.8 Å². The van der Waals surface area contributed by atoms with E-state index in [4.69, 9.17) is 0 Å². The molecule has 33 heavy (non-hydrogen) atoms. The summed E-state index contributed by atoms with van der Waals surface area (Å²) in [6, 6.07) is 21.1. The Morgan fingerprint density at radius 1 is 0.909 bits per heavy atom. The van der Waals surface area contributed by atoms with Gasteiger partial charge in [-0.25, -0.2) is 13.6 Å². The maximum absolute atomic E-state index is 13.8. The average Bonchev–Trinajstić information content (AvgIpc) is 2.83. The van der Waals surface area contributed by atoms with Crippen LogP contribution >= 0.6 is 0 Å². The fourth-order valence-corrected chi connectivity index (χ4v) is 4.36. The highest BCUT2D eigenvalue weighted by molar-refractivity contribution is 5.89. The molecule has 0 radical (unpaired) electrons. The monoisotopic (exact) mass is 449 g/mol. The van der Waals surface area contributed by atoms with Gasteiger partial charge in [-0.05, 0) is 67.1 Å². The first-order valence-corrected chi connectivity index (χ1v) is 11.4. The van der Waals surface area contributed by atoms with E-state index in [1.165, 1.54) is 18.4 Å². The number of nitrogens with zero attached hydrogens (tertiary/aromatic N) is 1. The molecular formula is C27H29F2N3O. The van der Waals surface area contributed by atoms with E-state index in [2.05, 4.69) is 51.9 Å². The number of amides is 2. The van der Waals surface area contributed by atoms with Gasteiger partial charge in [0, 0.05) is 19.2 Å². The number of hydrogen-bond donors (Lipinski definition) is 2. The standard InChI is InChI=1S/C27H29F2N3O/c28-24-10-11-25(29)26(17-24)31-27(33)30-18-22-8-4-5-9-23(22)19-32-14-12-21(13-15-32)16-20-6-2-1-3-7-20/h1-11,17,21H,12-16,18-19H2,(H2,30,31,33). The van der Waals surface area contributed by atoms with Gasteiger partial charge < -0.3 is 10.6 Å². The molecule has 172 valence electrons. The number of urea groups is 1. The molecule has 4 rings (SSSR count). The molecule has 3 aromatic carbocycles. The smallest absolute Gasteiger partial charge is 0.319 e. The minimum absolute atomic E-state index is 0.181. The van der Waals surface area contributed by atoms with Crippen molar-refractivity contribution in [2.75, 3.05) is 18.4 Å². The highest BCUT2D eigenvalue weighted by atomic mass is 19.1.